The van der Waals surface area contributed by atoms with Crippen LogP contribution in [0.25, 0.3) is 115 Å². The molecule has 4 aromatic heterocycles. The van der Waals surface area contributed by atoms with Gasteiger partial charge in [0.1, 0.15) is 11.2 Å². The minimum Gasteiger partial charge on any atom is -0.455 e. The van der Waals surface area contributed by atoms with Crippen LogP contribution in [-0.4, -0.2) is 19.5 Å². The number of fused-ring (bicyclic) bond motifs is 9. The topological polar surface area (TPSA) is 56.7 Å². The molecule has 6 heteroatoms. The molecule has 0 saturated carbocycles. The smallest absolute Gasteiger partial charge is 0.166 e. The van der Waals surface area contributed by atoms with Crippen LogP contribution >= 0.6 is 11.3 Å². The first kappa shape index (κ1) is 26.4. The lowest BCUT2D eigenvalue weighted by Crippen LogP contribution is -2.05. The molecule has 0 saturated heterocycles. The van der Waals surface area contributed by atoms with E-state index in [0.717, 1.165) is 48.4 Å². The molecule has 0 fully saturated rings. The molecule has 12 aromatic rings. The Morgan fingerprint density at radius 1 is 0.456 bits per heavy atom. The molecule has 0 spiro atoms. The number of thiophene rings is 1. The van der Waals surface area contributed by atoms with Crippen molar-refractivity contribution in [2.24, 2.45) is 0 Å². The van der Waals surface area contributed by atoms with Gasteiger partial charge in [0.2, 0.25) is 0 Å². The van der Waals surface area contributed by atoms with E-state index in [4.69, 9.17) is 26.2 Å². The zero-order chi connectivity index (χ0) is 42.7. The lowest BCUT2D eigenvalue weighted by atomic mass is 9.97. The van der Waals surface area contributed by atoms with E-state index in [9.17, 15) is 1.37 Å². The van der Waals surface area contributed by atoms with Gasteiger partial charge in [-0.15, -0.1) is 11.3 Å². The fraction of sp³-hybridized carbons (Fsp3) is 0. The number of aromatic nitrogens is 4. The quantitative estimate of drug-likeness (QED) is 0.176. The van der Waals surface area contributed by atoms with Gasteiger partial charge < -0.3 is 8.98 Å². The monoisotopic (exact) mass is 752 g/mol. The summed E-state index contributed by atoms with van der Waals surface area (Å²) in [5.74, 6) is 1.30. The van der Waals surface area contributed by atoms with Crippen molar-refractivity contribution in [1.29, 1.82) is 0 Å². The van der Waals surface area contributed by atoms with Crippen LogP contribution in [-0.2, 0) is 0 Å². The summed E-state index contributed by atoms with van der Waals surface area (Å²) in [6, 6.07) is 46.1. The summed E-state index contributed by atoms with van der Waals surface area (Å²) in [6.07, 6.45) is 0. The van der Waals surface area contributed by atoms with Gasteiger partial charge in [-0.05, 0) is 48.5 Å². The van der Waals surface area contributed by atoms with Crippen molar-refractivity contribution in [2.45, 2.75) is 0 Å². The van der Waals surface area contributed by atoms with Gasteiger partial charge in [-0.25, -0.2) is 15.0 Å². The van der Waals surface area contributed by atoms with Gasteiger partial charge in [-0.2, -0.15) is 0 Å². The Bertz CT molecular complexity index is 3840. The van der Waals surface area contributed by atoms with Crippen molar-refractivity contribution >= 4 is 75.3 Å². The van der Waals surface area contributed by atoms with E-state index in [2.05, 4.69) is 41.0 Å². The molecule has 0 N–H and O–H groups in total. The van der Waals surface area contributed by atoms with E-state index in [1.807, 2.05) is 103 Å². The zero-order valence-electron chi connectivity index (χ0n) is 36.0. The molecule has 0 bridgehead atoms. The predicted molar refractivity (Wildman–Crippen MR) is 236 cm³/mol. The molecule has 8 aromatic carbocycles. The van der Waals surface area contributed by atoms with Crippen LogP contribution in [0.3, 0.4) is 0 Å². The number of hydrogen-bond acceptors (Lipinski definition) is 5. The summed E-state index contributed by atoms with van der Waals surface area (Å²) >= 11 is 1.74. The van der Waals surface area contributed by atoms with Crippen LogP contribution in [0.2, 0.25) is 0 Å². The third kappa shape index (κ3) is 4.98. The molecule has 0 radical (unpaired) electrons. The fourth-order valence-electron chi connectivity index (χ4n) is 8.10. The summed E-state index contributed by atoms with van der Waals surface area (Å²) in [6.45, 7) is 0. The molecule has 266 valence electrons. The second-order valence-electron chi connectivity index (χ2n) is 13.9. The highest BCUT2D eigenvalue weighted by Crippen LogP contribution is 2.44. The molecule has 0 aliphatic carbocycles. The van der Waals surface area contributed by atoms with Crippen molar-refractivity contribution < 1.29 is 12.6 Å². The first-order valence-corrected chi connectivity index (χ1v) is 19.3. The Balaban J connectivity index is 1.22. The predicted octanol–water partition coefficient (Wildman–Crippen LogP) is 13.9. The van der Waals surface area contributed by atoms with Gasteiger partial charge in [0.05, 0.1) is 24.9 Å². The SMILES string of the molecule is [2H]c1cc([2H])c2oc3c(-c4cccc(-c5nc(-c6ccccc6)nc(-c6ccc7sc8ccccc8c7c6)n5)c4-n4c5ccccc5c5ccccc54)c([2H])c([2H])c([2H])c3c2c1[2H]. The van der Waals surface area contributed by atoms with Gasteiger partial charge in [0.15, 0.2) is 17.5 Å². The molecule has 0 aliphatic rings. The van der Waals surface area contributed by atoms with Gasteiger partial charge in [0, 0.05) is 69.5 Å². The Kier molecular flexibility index (Phi) is 5.82. The second-order valence-corrected chi connectivity index (χ2v) is 15.0. The van der Waals surface area contributed by atoms with E-state index in [-0.39, 0.29) is 63.8 Å². The third-order valence-corrected chi connectivity index (χ3v) is 11.8. The van der Waals surface area contributed by atoms with Crippen LogP contribution in [0.15, 0.2) is 186 Å². The highest BCUT2D eigenvalue weighted by atomic mass is 32.1. The van der Waals surface area contributed by atoms with Crippen molar-refractivity contribution in [2.75, 3.05) is 0 Å². The van der Waals surface area contributed by atoms with E-state index >= 15 is 0 Å². The number of benzene rings is 8. The molecule has 4 heterocycles. The van der Waals surface area contributed by atoms with E-state index < -0.39 is 0 Å². The number of nitrogens with zero attached hydrogens (tertiary/aromatic N) is 4. The summed E-state index contributed by atoms with van der Waals surface area (Å²) in [5.41, 5.74) is 5.35. The maximum absolute atomic E-state index is 9.56. The maximum Gasteiger partial charge on any atom is 0.166 e. The molecule has 0 atom stereocenters. The molecular formula is C51H30N4OS. The summed E-state index contributed by atoms with van der Waals surface area (Å²) in [5, 5.41) is 4.46. The number of hydrogen-bond donors (Lipinski definition) is 0. The van der Waals surface area contributed by atoms with E-state index in [1.165, 1.54) is 10.8 Å². The molecule has 0 amide bonds. The fourth-order valence-corrected chi connectivity index (χ4v) is 9.18. The van der Waals surface area contributed by atoms with Crippen molar-refractivity contribution in [1.82, 2.24) is 19.5 Å². The van der Waals surface area contributed by atoms with E-state index in [1.54, 1.807) is 11.3 Å². The number of para-hydroxylation sites is 5. The lowest BCUT2D eigenvalue weighted by Gasteiger charge is -2.19. The first-order valence-electron chi connectivity index (χ1n) is 21.5. The normalized spacial score (nSPS) is 13.3. The van der Waals surface area contributed by atoms with Crippen molar-refractivity contribution in [3.63, 3.8) is 0 Å². The standard InChI is InChI=1S/C51H30N4OS/c1-2-14-31(15-3-1)49-52-50(32-28-29-46-41(30-32)36-19-7-11-27-45(36)57-46)54-51(53-49)40-23-12-20-37(39-22-13-21-38-35-18-6-10-26-44(35)56-48(38)39)47(40)55-42-24-8-4-16-33(42)34-17-5-9-25-43(34)55/h1-30H/i6D,13D,18D,21D,22D,26D. The van der Waals surface area contributed by atoms with Gasteiger partial charge in [-0.3, -0.25) is 0 Å². The Morgan fingerprint density at radius 2 is 1.12 bits per heavy atom. The van der Waals surface area contributed by atoms with Crippen LogP contribution in [0.1, 0.15) is 8.22 Å². The number of furan rings is 1. The minimum atomic E-state index is -0.370. The Labute approximate surface area is 339 Å². The van der Waals surface area contributed by atoms with E-state index in [0.29, 0.717) is 34.3 Å². The minimum absolute atomic E-state index is 0.0188. The highest BCUT2D eigenvalue weighted by Gasteiger charge is 2.24. The van der Waals surface area contributed by atoms with Crippen LogP contribution in [0, 0.1) is 0 Å². The summed E-state index contributed by atoms with van der Waals surface area (Å²) in [4.78, 5) is 15.6. The zero-order valence-corrected chi connectivity index (χ0v) is 30.8. The summed E-state index contributed by atoms with van der Waals surface area (Å²) in [7, 11) is 0. The molecule has 5 nitrogen and oxygen atoms in total. The summed E-state index contributed by atoms with van der Waals surface area (Å²) < 4.78 is 64.8. The Hall–Kier alpha value is -7.41. The van der Waals surface area contributed by atoms with Crippen LogP contribution < -0.4 is 0 Å². The average Bonchev–Trinajstić information content (AvgIpc) is 4.01. The molecular weight excluding hydrogens is 717 g/mol. The van der Waals surface area contributed by atoms with Crippen LogP contribution in [0.4, 0.5) is 0 Å². The molecule has 0 aliphatic heterocycles. The maximum atomic E-state index is 9.56. The average molecular weight is 753 g/mol. The van der Waals surface area contributed by atoms with Gasteiger partial charge in [0.25, 0.3) is 0 Å². The van der Waals surface area contributed by atoms with Gasteiger partial charge >= 0.3 is 0 Å². The lowest BCUT2D eigenvalue weighted by molar-refractivity contribution is 0.670. The molecule has 0 unspecified atom stereocenters. The first-order chi connectivity index (χ1) is 30.7. The van der Waals surface area contributed by atoms with Crippen molar-refractivity contribution in [3.05, 3.63) is 182 Å². The largest absolute Gasteiger partial charge is 0.455 e. The van der Waals surface area contributed by atoms with Gasteiger partial charge in [-0.1, -0.05) is 133 Å². The van der Waals surface area contributed by atoms with Crippen LogP contribution in [0.5, 0.6) is 0 Å². The Morgan fingerprint density at radius 3 is 1.95 bits per heavy atom. The number of rotatable bonds is 5. The third-order valence-electron chi connectivity index (χ3n) is 10.6. The molecule has 12 rings (SSSR count). The van der Waals surface area contributed by atoms with Crippen molar-refractivity contribution in [3.8, 4) is 51.0 Å². The highest BCUT2D eigenvalue weighted by molar-refractivity contribution is 7.25. The second kappa shape index (κ2) is 12.6. The molecule has 57 heavy (non-hydrogen) atoms.